The highest BCUT2D eigenvalue weighted by Gasteiger charge is 2.48. The molecule has 3 aliphatic carbocycles. The van der Waals surface area contributed by atoms with Crippen LogP contribution in [0.5, 0.6) is 0 Å². The molecule has 0 spiro atoms. The van der Waals surface area contributed by atoms with Crippen LogP contribution in [0.15, 0.2) is 150 Å². The number of hydrogen-bond acceptors (Lipinski definition) is 3. The monoisotopic (exact) mass is 653 g/mol. The van der Waals surface area contributed by atoms with Crippen molar-refractivity contribution in [3.63, 3.8) is 0 Å². The molecule has 2 unspecified atom stereocenters. The largest absolute Gasteiger partial charge is 0.455 e. The van der Waals surface area contributed by atoms with E-state index in [1.807, 2.05) is 12.1 Å². The number of para-hydroxylation sites is 3. The fourth-order valence-corrected chi connectivity index (χ4v) is 9.88. The number of allylic oxidation sites excluding steroid dienone is 4. The lowest BCUT2D eigenvalue weighted by atomic mass is 9.70. The SMILES string of the molecule is CC1(C)C2=CC=CC3c4ccccc4-c4cccc5c4c4c(c1ccc4n5-c1nc(-c4cccc5c4oc4ccccc45)c4ccccc4n1)C23. The molecule has 51 heavy (non-hydrogen) atoms. The minimum absolute atomic E-state index is 0.0856. The number of nitrogens with zero attached hydrogens (tertiary/aromatic N) is 3. The Balaban J connectivity index is 1.23. The molecule has 0 radical (unpaired) electrons. The lowest BCUT2D eigenvalue weighted by Crippen LogP contribution is -2.20. The van der Waals surface area contributed by atoms with Gasteiger partial charge in [-0.3, -0.25) is 4.57 Å². The van der Waals surface area contributed by atoms with E-state index >= 15 is 0 Å². The van der Waals surface area contributed by atoms with Crippen LogP contribution in [0.1, 0.15) is 42.4 Å². The van der Waals surface area contributed by atoms with E-state index in [-0.39, 0.29) is 17.3 Å². The quantitative estimate of drug-likeness (QED) is 0.186. The van der Waals surface area contributed by atoms with Gasteiger partial charge < -0.3 is 4.42 Å². The minimum Gasteiger partial charge on any atom is -0.455 e. The highest BCUT2D eigenvalue weighted by molar-refractivity contribution is 6.19. The molecule has 0 bridgehead atoms. The first kappa shape index (κ1) is 27.5. The van der Waals surface area contributed by atoms with E-state index < -0.39 is 0 Å². The molecule has 12 rings (SSSR count). The molecule has 3 heterocycles. The van der Waals surface area contributed by atoms with Gasteiger partial charge in [0.1, 0.15) is 11.2 Å². The summed E-state index contributed by atoms with van der Waals surface area (Å²) < 4.78 is 8.89. The number of fused-ring (bicyclic) bond motifs is 7. The summed E-state index contributed by atoms with van der Waals surface area (Å²) >= 11 is 0. The maximum Gasteiger partial charge on any atom is 0.235 e. The van der Waals surface area contributed by atoms with E-state index in [0.29, 0.717) is 5.95 Å². The zero-order valence-corrected chi connectivity index (χ0v) is 28.2. The molecule has 4 heteroatoms. The highest BCUT2D eigenvalue weighted by Crippen LogP contribution is 2.62. The Morgan fingerprint density at radius 3 is 2.33 bits per heavy atom. The molecule has 6 aromatic carbocycles. The second-order valence-corrected chi connectivity index (χ2v) is 14.8. The summed E-state index contributed by atoms with van der Waals surface area (Å²) in [5, 5.41) is 5.79. The molecule has 3 aliphatic rings. The van der Waals surface area contributed by atoms with Crippen LogP contribution in [0, 0.1) is 0 Å². The van der Waals surface area contributed by atoms with Crippen LogP contribution in [0.3, 0.4) is 0 Å². The number of benzene rings is 6. The first-order valence-electron chi connectivity index (χ1n) is 17.8. The van der Waals surface area contributed by atoms with Gasteiger partial charge in [0.25, 0.3) is 0 Å². The lowest BCUT2D eigenvalue weighted by molar-refractivity contribution is 0.589. The van der Waals surface area contributed by atoms with Crippen molar-refractivity contribution >= 4 is 54.6 Å². The Morgan fingerprint density at radius 1 is 0.647 bits per heavy atom. The minimum atomic E-state index is -0.0856. The molecule has 2 atom stereocenters. The average molecular weight is 654 g/mol. The summed E-state index contributed by atoms with van der Waals surface area (Å²) in [5.74, 6) is 1.18. The molecule has 3 aromatic heterocycles. The van der Waals surface area contributed by atoms with E-state index in [1.165, 1.54) is 44.2 Å². The predicted octanol–water partition coefficient (Wildman–Crippen LogP) is 11.9. The standard InChI is InChI=1S/C47H31N3O/c1-47(2)34-20-10-16-29-26-12-3-4-13-27(26)30-17-11-22-37-41(30)43-38(25-24-35(47)42(43)40(29)34)50(37)46-48-36-21-7-5-15-32(36)44(49-46)33-19-9-18-31-28-14-6-8-23-39(28)51-45(31)33/h3-25,29,40H,1-2H3. The molecule has 0 fully saturated rings. The molecule has 0 aliphatic heterocycles. The van der Waals surface area contributed by atoms with Crippen LogP contribution >= 0.6 is 0 Å². The molecule has 0 saturated heterocycles. The van der Waals surface area contributed by atoms with Gasteiger partial charge in [0.15, 0.2) is 0 Å². The average Bonchev–Trinajstić information content (AvgIpc) is 3.79. The van der Waals surface area contributed by atoms with Crippen LogP contribution in [-0.2, 0) is 5.41 Å². The topological polar surface area (TPSA) is 43.9 Å². The third-order valence-electron chi connectivity index (χ3n) is 12.1. The fourth-order valence-electron chi connectivity index (χ4n) is 9.88. The Morgan fingerprint density at radius 2 is 1.39 bits per heavy atom. The second-order valence-electron chi connectivity index (χ2n) is 14.8. The van der Waals surface area contributed by atoms with Crippen LogP contribution in [0.4, 0.5) is 0 Å². The van der Waals surface area contributed by atoms with Crippen molar-refractivity contribution in [3.05, 3.63) is 162 Å². The van der Waals surface area contributed by atoms with Gasteiger partial charge in [0.05, 0.1) is 22.2 Å². The van der Waals surface area contributed by atoms with Crippen molar-refractivity contribution in [3.8, 4) is 28.3 Å². The van der Waals surface area contributed by atoms with Crippen LogP contribution in [0.25, 0.3) is 83.0 Å². The predicted molar refractivity (Wildman–Crippen MR) is 208 cm³/mol. The number of furan rings is 1. The first-order chi connectivity index (χ1) is 25.1. The van der Waals surface area contributed by atoms with Crippen LogP contribution in [-0.4, -0.2) is 14.5 Å². The third-order valence-corrected chi connectivity index (χ3v) is 12.1. The number of aromatic nitrogens is 3. The van der Waals surface area contributed by atoms with Crippen molar-refractivity contribution in [2.24, 2.45) is 0 Å². The number of rotatable bonds is 2. The molecule has 4 nitrogen and oxygen atoms in total. The second kappa shape index (κ2) is 9.49. The molecule has 0 N–H and O–H groups in total. The van der Waals surface area contributed by atoms with Gasteiger partial charge >= 0.3 is 0 Å². The van der Waals surface area contributed by atoms with Gasteiger partial charge in [-0.1, -0.05) is 129 Å². The normalized spacial score (nSPS) is 18.2. The van der Waals surface area contributed by atoms with Crippen LogP contribution < -0.4 is 0 Å². The zero-order valence-electron chi connectivity index (χ0n) is 28.2. The Labute approximate surface area is 294 Å². The smallest absolute Gasteiger partial charge is 0.235 e. The summed E-state index contributed by atoms with van der Waals surface area (Å²) in [6.07, 6.45) is 7.10. The lowest BCUT2D eigenvalue weighted by Gasteiger charge is -2.32. The molecule has 0 amide bonds. The van der Waals surface area contributed by atoms with Gasteiger partial charge in [0, 0.05) is 49.7 Å². The van der Waals surface area contributed by atoms with E-state index in [9.17, 15) is 0 Å². The zero-order chi connectivity index (χ0) is 33.6. The van der Waals surface area contributed by atoms with Gasteiger partial charge in [-0.15, -0.1) is 0 Å². The van der Waals surface area contributed by atoms with E-state index in [1.54, 1.807) is 0 Å². The van der Waals surface area contributed by atoms with Crippen LogP contribution in [0.2, 0.25) is 0 Å². The Hall–Kier alpha value is -6.26. The first-order valence-corrected chi connectivity index (χ1v) is 17.8. The summed E-state index contributed by atoms with van der Waals surface area (Å²) in [4.78, 5) is 10.9. The Bertz CT molecular complexity index is 3080. The van der Waals surface area contributed by atoms with Crippen molar-refractivity contribution in [1.82, 2.24) is 14.5 Å². The Kier molecular flexibility index (Phi) is 5.13. The van der Waals surface area contributed by atoms with E-state index in [0.717, 1.165) is 55.1 Å². The van der Waals surface area contributed by atoms with Gasteiger partial charge in [-0.25, -0.2) is 9.97 Å². The molecular weight excluding hydrogens is 623 g/mol. The number of hydrogen-bond donors (Lipinski definition) is 0. The summed E-state index contributed by atoms with van der Waals surface area (Å²) in [7, 11) is 0. The van der Waals surface area contributed by atoms with Crippen molar-refractivity contribution in [2.75, 3.05) is 0 Å². The molecule has 240 valence electrons. The van der Waals surface area contributed by atoms with E-state index in [2.05, 4.69) is 146 Å². The maximum absolute atomic E-state index is 6.57. The van der Waals surface area contributed by atoms with Gasteiger partial charge in [0.2, 0.25) is 5.95 Å². The fraction of sp³-hybridized carbons (Fsp3) is 0.106. The summed E-state index contributed by atoms with van der Waals surface area (Å²) in [5.41, 5.74) is 15.0. The third kappa shape index (κ3) is 3.40. The molecule has 0 saturated carbocycles. The van der Waals surface area contributed by atoms with Crippen molar-refractivity contribution in [1.29, 1.82) is 0 Å². The maximum atomic E-state index is 6.57. The van der Waals surface area contributed by atoms with Gasteiger partial charge in [-0.05, 0) is 58.1 Å². The molecular formula is C47H31N3O. The summed E-state index contributed by atoms with van der Waals surface area (Å²) in [6, 6.07) is 43.5. The van der Waals surface area contributed by atoms with Crippen molar-refractivity contribution in [2.45, 2.75) is 31.1 Å². The molecule has 9 aromatic rings. The van der Waals surface area contributed by atoms with Crippen molar-refractivity contribution < 1.29 is 4.42 Å². The van der Waals surface area contributed by atoms with Gasteiger partial charge in [-0.2, -0.15) is 0 Å². The van der Waals surface area contributed by atoms with E-state index in [4.69, 9.17) is 14.4 Å². The highest BCUT2D eigenvalue weighted by atomic mass is 16.3. The summed E-state index contributed by atoms with van der Waals surface area (Å²) in [6.45, 7) is 4.81.